The third-order valence-electron chi connectivity index (χ3n) is 6.05. The van der Waals surface area contributed by atoms with Gasteiger partial charge in [0.2, 0.25) is 11.8 Å². The van der Waals surface area contributed by atoms with Crippen LogP contribution < -0.4 is 9.62 Å². The van der Waals surface area contributed by atoms with E-state index in [9.17, 15) is 22.4 Å². The van der Waals surface area contributed by atoms with Crippen molar-refractivity contribution >= 4 is 27.5 Å². The molecule has 0 radical (unpaired) electrons. The smallest absolute Gasteiger partial charge is 0.264 e. The quantitative estimate of drug-likeness (QED) is 0.388. The normalized spacial score (nSPS) is 12.2. The Hall–Kier alpha value is -3.72. The molecule has 0 spiro atoms. The zero-order valence-corrected chi connectivity index (χ0v) is 22.9. The van der Waals surface area contributed by atoms with Crippen molar-refractivity contribution in [2.45, 2.75) is 45.2 Å². The Balaban J connectivity index is 1.98. The van der Waals surface area contributed by atoms with E-state index in [1.165, 1.54) is 41.3 Å². The number of nitrogens with zero attached hydrogens (tertiary/aromatic N) is 2. The SMILES string of the molecule is Cc1ccc(N(CC(=O)N(Cc2ccc(F)cc2)[C@@H](C)C(=O)NCC(C)C)S(=O)(=O)c2ccccc2)cc1. The summed E-state index contributed by atoms with van der Waals surface area (Å²) in [6.45, 7) is 7.30. The summed E-state index contributed by atoms with van der Waals surface area (Å²) in [6, 6.07) is 19.4. The van der Waals surface area contributed by atoms with Crippen molar-refractivity contribution in [2.24, 2.45) is 5.92 Å². The summed E-state index contributed by atoms with van der Waals surface area (Å²) in [5.41, 5.74) is 1.87. The highest BCUT2D eigenvalue weighted by molar-refractivity contribution is 7.92. The van der Waals surface area contributed by atoms with E-state index in [-0.39, 0.29) is 23.3 Å². The van der Waals surface area contributed by atoms with Crippen molar-refractivity contribution in [1.29, 1.82) is 0 Å². The Labute approximate surface area is 224 Å². The molecule has 3 aromatic carbocycles. The van der Waals surface area contributed by atoms with Gasteiger partial charge in [-0.25, -0.2) is 12.8 Å². The van der Waals surface area contributed by atoms with Crippen molar-refractivity contribution < 1.29 is 22.4 Å². The van der Waals surface area contributed by atoms with Crippen molar-refractivity contribution in [2.75, 3.05) is 17.4 Å². The van der Waals surface area contributed by atoms with Gasteiger partial charge in [-0.15, -0.1) is 0 Å². The molecule has 0 saturated carbocycles. The van der Waals surface area contributed by atoms with Crippen LogP contribution in [0, 0.1) is 18.7 Å². The molecule has 1 N–H and O–H groups in total. The maximum Gasteiger partial charge on any atom is 0.264 e. The molecule has 0 heterocycles. The molecule has 2 amide bonds. The van der Waals surface area contributed by atoms with Gasteiger partial charge in [-0.1, -0.05) is 61.9 Å². The summed E-state index contributed by atoms with van der Waals surface area (Å²) < 4.78 is 41.9. The number of sulfonamides is 1. The number of carbonyl (C=O) groups excluding carboxylic acids is 2. The minimum absolute atomic E-state index is 0.00248. The molecule has 0 fully saturated rings. The molecular weight excluding hydrogens is 505 g/mol. The van der Waals surface area contributed by atoms with Crippen LogP contribution in [0.25, 0.3) is 0 Å². The van der Waals surface area contributed by atoms with Gasteiger partial charge in [0, 0.05) is 13.1 Å². The average Bonchev–Trinajstić information content (AvgIpc) is 2.90. The Morgan fingerprint density at radius 1 is 0.895 bits per heavy atom. The van der Waals surface area contributed by atoms with Crippen molar-refractivity contribution in [3.63, 3.8) is 0 Å². The van der Waals surface area contributed by atoms with E-state index in [2.05, 4.69) is 5.32 Å². The monoisotopic (exact) mass is 539 g/mol. The van der Waals surface area contributed by atoms with Gasteiger partial charge in [0.25, 0.3) is 10.0 Å². The Kier molecular flexibility index (Phi) is 9.63. The number of hydrogen-bond acceptors (Lipinski definition) is 4. The Morgan fingerprint density at radius 2 is 1.50 bits per heavy atom. The molecule has 0 aliphatic carbocycles. The van der Waals surface area contributed by atoms with Crippen LogP contribution in [-0.4, -0.2) is 44.3 Å². The second kappa shape index (κ2) is 12.7. The second-order valence-corrected chi connectivity index (χ2v) is 11.5. The van der Waals surface area contributed by atoms with Crippen molar-refractivity contribution in [1.82, 2.24) is 10.2 Å². The summed E-state index contributed by atoms with van der Waals surface area (Å²) in [5.74, 6) is -1.14. The van der Waals surface area contributed by atoms with E-state index in [1.807, 2.05) is 20.8 Å². The summed E-state index contributed by atoms with van der Waals surface area (Å²) >= 11 is 0. The lowest BCUT2D eigenvalue weighted by molar-refractivity contribution is -0.139. The first-order chi connectivity index (χ1) is 18.0. The van der Waals surface area contributed by atoms with Gasteiger partial charge in [-0.3, -0.25) is 13.9 Å². The first kappa shape index (κ1) is 28.8. The van der Waals surface area contributed by atoms with E-state index in [0.29, 0.717) is 17.8 Å². The molecule has 0 saturated heterocycles. The lowest BCUT2D eigenvalue weighted by atomic mass is 10.1. The molecule has 9 heteroatoms. The fourth-order valence-electron chi connectivity index (χ4n) is 3.78. The predicted octanol–water partition coefficient (Wildman–Crippen LogP) is 4.52. The van der Waals surface area contributed by atoms with E-state index in [4.69, 9.17) is 0 Å². The number of amides is 2. The third kappa shape index (κ3) is 7.41. The molecule has 0 unspecified atom stereocenters. The van der Waals surface area contributed by atoms with Crippen LogP contribution in [0.3, 0.4) is 0 Å². The summed E-state index contributed by atoms with van der Waals surface area (Å²) in [4.78, 5) is 28.1. The highest BCUT2D eigenvalue weighted by Gasteiger charge is 2.32. The Bertz CT molecular complexity index is 1330. The van der Waals surface area contributed by atoms with E-state index >= 15 is 0 Å². The second-order valence-electron chi connectivity index (χ2n) is 9.62. The molecule has 3 rings (SSSR count). The molecule has 38 heavy (non-hydrogen) atoms. The number of hydrogen-bond donors (Lipinski definition) is 1. The van der Waals surface area contributed by atoms with Crippen LogP contribution in [0.2, 0.25) is 0 Å². The highest BCUT2D eigenvalue weighted by atomic mass is 32.2. The largest absolute Gasteiger partial charge is 0.354 e. The minimum atomic E-state index is -4.11. The topological polar surface area (TPSA) is 86.8 Å². The van der Waals surface area contributed by atoms with Gasteiger partial charge in [0.1, 0.15) is 18.4 Å². The van der Waals surface area contributed by atoms with Crippen LogP contribution >= 0.6 is 0 Å². The van der Waals surface area contributed by atoms with E-state index in [1.54, 1.807) is 49.4 Å². The molecule has 3 aromatic rings. The summed E-state index contributed by atoms with van der Waals surface area (Å²) in [7, 11) is -4.11. The zero-order valence-electron chi connectivity index (χ0n) is 22.1. The molecule has 202 valence electrons. The van der Waals surface area contributed by atoms with Crippen molar-refractivity contribution in [3.8, 4) is 0 Å². The molecular formula is C29H34FN3O4S. The number of aryl methyl sites for hydroxylation is 1. The van der Waals surface area contributed by atoms with Gasteiger partial charge >= 0.3 is 0 Å². The van der Waals surface area contributed by atoms with Crippen molar-refractivity contribution in [3.05, 3.63) is 95.8 Å². The number of benzene rings is 3. The standard InChI is InChI=1S/C29H34FN3O4S/c1-21(2)18-31-29(35)23(4)32(19-24-12-14-25(30)15-13-24)28(34)20-33(26-16-10-22(3)11-17-26)38(36,37)27-8-6-5-7-9-27/h5-17,21,23H,18-20H2,1-4H3,(H,31,35)/t23-/m0/s1. The number of carbonyl (C=O) groups is 2. The molecule has 0 aliphatic heterocycles. The van der Waals surface area contributed by atoms with Crippen LogP contribution in [-0.2, 0) is 26.2 Å². The molecule has 0 aromatic heterocycles. The van der Waals surface area contributed by atoms with Crippen LogP contribution in [0.15, 0.2) is 83.8 Å². The molecule has 7 nitrogen and oxygen atoms in total. The minimum Gasteiger partial charge on any atom is -0.354 e. The van der Waals surface area contributed by atoms with E-state index < -0.39 is 34.3 Å². The summed E-state index contributed by atoms with van der Waals surface area (Å²) in [5, 5.41) is 2.83. The van der Waals surface area contributed by atoms with Crippen LogP contribution in [0.1, 0.15) is 31.9 Å². The van der Waals surface area contributed by atoms with Crippen LogP contribution in [0.5, 0.6) is 0 Å². The van der Waals surface area contributed by atoms with Gasteiger partial charge in [0.15, 0.2) is 0 Å². The third-order valence-corrected chi connectivity index (χ3v) is 7.84. The molecule has 1 atom stereocenters. The zero-order chi connectivity index (χ0) is 27.9. The Morgan fingerprint density at radius 3 is 2.08 bits per heavy atom. The van der Waals surface area contributed by atoms with Gasteiger partial charge in [-0.05, 0) is 61.7 Å². The lowest BCUT2D eigenvalue weighted by Gasteiger charge is -2.32. The fourth-order valence-corrected chi connectivity index (χ4v) is 5.22. The lowest BCUT2D eigenvalue weighted by Crippen LogP contribution is -2.51. The fraction of sp³-hybridized carbons (Fsp3) is 0.310. The first-order valence-electron chi connectivity index (χ1n) is 12.4. The summed E-state index contributed by atoms with van der Waals surface area (Å²) in [6.07, 6.45) is 0. The van der Waals surface area contributed by atoms with Gasteiger partial charge in [0.05, 0.1) is 10.6 Å². The maximum absolute atomic E-state index is 13.8. The average molecular weight is 540 g/mol. The van der Waals surface area contributed by atoms with Gasteiger partial charge < -0.3 is 10.2 Å². The van der Waals surface area contributed by atoms with E-state index in [0.717, 1.165) is 9.87 Å². The predicted molar refractivity (Wildman–Crippen MR) is 146 cm³/mol. The molecule has 0 bridgehead atoms. The highest BCUT2D eigenvalue weighted by Crippen LogP contribution is 2.25. The number of halogens is 1. The first-order valence-corrected chi connectivity index (χ1v) is 13.9. The van der Waals surface area contributed by atoms with Gasteiger partial charge in [-0.2, -0.15) is 0 Å². The molecule has 0 aliphatic rings. The number of rotatable bonds is 11. The van der Waals surface area contributed by atoms with Crippen LogP contribution in [0.4, 0.5) is 10.1 Å². The number of anilines is 1. The number of nitrogens with one attached hydrogen (secondary N) is 1. The maximum atomic E-state index is 13.8.